The zero-order chi connectivity index (χ0) is 16.7. The third-order valence-electron chi connectivity index (χ3n) is 3.49. The first kappa shape index (κ1) is 16.7. The van der Waals surface area contributed by atoms with Gasteiger partial charge in [-0.3, -0.25) is 9.59 Å². The van der Waals surface area contributed by atoms with Crippen LogP contribution in [0.2, 0.25) is 0 Å². The average Bonchev–Trinajstić information content (AvgIpc) is 2.54. The first-order chi connectivity index (χ1) is 11.1. The van der Waals surface area contributed by atoms with E-state index in [0.717, 1.165) is 29.2 Å². The lowest BCUT2D eigenvalue weighted by molar-refractivity contribution is -0.122. The van der Waals surface area contributed by atoms with Crippen LogP contribution in [0, 0.1) is 0 Å². The Balaban J connectivity index is 2.35. The Hall–Kier alpha value is -2.62. The smallest absolute Gasteiger partial charge is 0.267 e. The summed E-state index contributed by atoms with van der Waals surface area (Å²) in [5.74, 6) is -0.524. The minimum absolute atomic E-state index is 0.262. The summed E-state index contributed by atoms with van der Waals surface area (Å²) >= 11 is 0. The Morgan fingerprint density at radius 3 is 2.57 bits per heavy atom. The lowest BCUT2D eigenvalue weighted by Crippen LogP contribution is -2.34. The van der Waals surface area contributed by atoms with Crippen LogP contribution < -0.4 is 10.6 Å². The zero-order valence-electron chi connectivity index (χ0n) is 13.6. The first-order valence-corrected chi connectivity index (χ1v) is 7.87. The van der Waals surface area contributed by atoms with Gasteiger partial charge < -0.3 is 10.6 Å². The monoisotopic (exact) mass is 310 g/mol. The number of hydrogen-bond donors (Lipinski definition) is 2. The van der Waals surface area contributed by atoms with Crippen LogP contribution in [-0.4, -0.2) is 18.4 Å². The highest BCUT2D eigenvalue weighted by atomic mass is 16.2. The van der Waals surface area contributed by atoms with Crippen LogP contribution in [0.1, 0.15) is 32.3 Å². The van der Waals surface area contributed by atoms with E-state index in [1.807, 2.05) is 42.5 Å². The van der Waals surface area contributed by atoms with E-state index >= 15 is 0 Å². The second kappa shape index (κ2) is 8.13. The van der Waals surface area contributed by atoms with Crippen molar-refractivity contribution in [1.82, 2.24) is 10.6 Å². The van der Waals surface area contributed by atoms with Crippen LogP contribution in [0.25, 0.3) is 16.8 Å². The second-order valence-corrected chi connectivity index (χ2v) is 5.42. The fraction of sp³-hybridized carbons (Fsp3) is 0.263. The van der Waals surface area contributed by atoms with E-state index < -0.39 is 0 Å². The molecular weight excluding hydrogens is 288 g/mol. The maximum Gasteiger partial charge on any atom is 0.267 e. The molecule has 0 saturated carbocycles. The first-order valence-electron chi connectivity index (χ1n) is 7.87. The third kappa shape index (κ3) is 4.68. The van der Waals surface area contributed by atoms with E-state index in [9.17, 15) is 9.59 Å². The fourth-order valence-corrected chi connectivity index (χ4v) is 2.35. The maximum absolute atomic E-state index is 12.3. The number of fused-ring (bicyclic) bond motifs is 1. The molecule has 0 atom stereocenters. The molecule has 2 aromatic rings. The number of amides is 2. The Bertz CT molecular complexity index is 730. The van der Waals surface area contributed by atoms with Gasteiger partial charge in [0, 0.05) is 13.5 Å². The zero-order valence-corrected chi connectivity index (χ0v) is 13.6. The molecular formula is C19H22N2O2. The molecule has 0 aromatic heterocycles. The van der Waals surface area contributed by atoms with Crippen LogP contribution in [0.15, 0.2) is 48.2 Å². The van der Waals surface area contributed by atoms with Gasteiger partial charge in [0.15, 0.2) is 0 Å². The lowest BCUT2D eigenvalue weighted by atomic mass is 10.0. The van der Waals surface area contributed by atoms with Crippen LogP contribution in [0.3, 0.4) is 0 Å². The summed E-state index contributed by atoms with van der Waals surface area (Å²) in [7, 11) is 0. The van der Waals surface area contributed by atoms with Crippen molar-refractivity contribution in [2.75, 3.05) is 6.54 Å². The molecule has 2 aromatic carbocycles. The van der Waals surface area contributed by atoms with E-state index in [1.165, 1.54) is 6.92 Å². The highest BCUT2D eigenvalue weighted by molar-refractivity contribution is 6.03. The number of nitrogens with one attached hydrogen (secondary N) is 2. The molecule has 0 fully saturated rings. The Morgan fingerprint density at radius 2 is 1.83 bits per heavy atom. The van der Waals surface area contributed by atoms with Gasteiger partial charge in [-0.15, -0.1) is 0 Å². The number of unbranched alkanes of at least 4 members (excludes halogenated alkanes) is 1. The number of hydrogen-bond acceptors (Lipinski definition) is 2. The van der Waals surface area contributed by atoms with E-state index in [0.29, 0.717) is 6.54 Å². The highest BCUT2D eigenvalue weighted by Gasteiger charge is 2.11. The van der Waals surface area contributed by atoms with Crippen molar-refractivity contribution in [3.05, 3.63) is 53.7 Å². The van der Waals surface area contributed by atoms with Crippen molar-refractivity contribution in [3.8, 4) is 0 Å². The summed E-state index contributed by atoms with van der Waals surface area (Å²) in [4.78, 5) is 23.7. The van der Waals surface area contributed by atoms with Gasteiger partial charge in [0.25, 0.3) is 5.91 Å². The number of benzene rings is 2. The van der Waals surface area contributed by atoms with Crippen molar-refractivity contribution in [3.63, 3.8) is 0 Å². The predicted molar refractivity (Wildman–Crippen MR) is 93.7 cm³/mol. The van der Waals surface area contributed by atoms with Crippen molar-refractivity contribution in [2.45, 2.75) is 26.7 Å². The highest BCUT2D eigenvalue weighted by Crippen LogP contribution is 2.20. The fourth-order valence-electron chi connectivity index (χ4n) is 2.35. The molecule has 2 N–H and O–H groups in total. The Morgan fingerprint density at radius 1 is 1.09 bits per heavy atom. The summed E-state index contributed by atoms with van der Waals surface area (Å²) < 4.78 is 0. The average molecular weight is 310 g/mol. The molecule has 2 amide bonds. The maximum atomic E-state index is 12.3. The summed E-state index contributed by atoms with van der Waals surface area (Å²) in [5, 5.41) is 7.60. The van der Waals surface area contributed by atoms with Gasteiger partial charge in [0.2, 0.25) is 5.91 Å². The van der Waals surface area contributed by atoms with Crippen molar-refractivity contribution in [1.29, 1.82) is 0 Å². The molecule has 0 aliphatic heterocycles. The van der Waals surface area contributed by atoms with Crippen molar-refractivity contribution >= 4 is 28.7 Å². The quantitative estimate of drug-likeness (QED) is 0.636. The molecule has 0 aliphatic carbocycles. The molecule has 23 heavy (non-hydrogen) atoms. The van der Waals surface area contributed by atoms with Gasteiger partial charge >= 0.3 is 0 Å². The van der Waals surface area contributed by atoms with Gasteiger partial charge in [-0.05, 0) is 28.8 Å². The van der Waals surface area contributed by atoms with Gasteiger partial charge in [0.1, 0.15) is 5.70 Å². The topological polar surface area (TPSA) is 58.2 Å². The standard InChI is InChI=1S/C19H22N2O2/c1-3-4-12-20-19(23)18(21-14(2)22)13-16-10-7-9-15-8-5-6-11-17(15)16/h5-11,13H,3-4,12H2,1-2H3,(H,20,23)(H,21,22)/b18-13+. The van der Waals surface area contributed by atoms with Gasteiger partial charge in [-0.25, -0.2) is 0 Å². The second-order valence-electron chi connectivity index (χ2n) is 5.42. The van der Waals surface area contributed by atoms with Crippen molar-refractivity contribution < 1.29 is 9.59 Å². The lowest BCUT2D eigenvalue weighted by Gasteiger charge is -2.10. The van der Waals surface area contributed by atoms with E-state index in [4.69, 9.17) is 0 Å². The minimum Gasteiger partial charge on any atom is -0.351 e. The van der Waals surface area contributed by atoms with Crippen molar-refractivity contribution in [2.24, 2.45) is 0 Å². The molecule has 0 heterocycles. The molecule has 0 unspecified atom stereocenters. The van der Waals surface area contributed by atoms with Crippen LogP contribution in [0.5, 0.6) is 0 Å². The molecule has 0 bridgehead atoms. The Kier molecular flexibility index (Phi) is 5.92. The third-order valence-corrected chi connectivity index (χ3v) is 3.49. The molecule has 0 spiro atoms. The van der Waals surface area contributed by atoms with Crippen LogP contribution in [0.4, 0.5) is 0 Å². The molecule has 4 heteroatoms. The molecule has 2 rings (SSSR count). The minimum atomic E-state index is -0.262. The predicted octanol–water partition coefficient (Wildman–Crippen LogP) is 3.23. The summed E-state index contributed by atoms with van der Waals surface area (Å²) in [6.45, 7) is 4.06. The van der Waals surface area contributed by atoms with Crippen LogP contribution >= 0.6 is 0 Å². The largest absolute Gasteiger partial charge is 0.351 e. The summed E-state index contributed by atoms with van der Waals surface area (Å²) in [6, 6.07) is 13.8. The number of rotatable bonds is 6. The molecule has 0 saturated heterocycles. The van der Waals surface area contributed by atoms with Gasteiger partial charge in [0.05, 0.1) is 0 Å². The number of carbonyl (C=O) groups excluding carboxylic acids is 2. The SMILES string of the molecule is CCCCNC(=O)/C(=C\c1cccc2ccccc12)NC(C)=O. The molecule has 4 nitrogen and oxygen atoms in total. The molecule has 0 aliphatic rings. The summed E-state index contributed by atoms with van der Waals surface area (Å²) in [6.07, 6.45) is 3.64. The van der Waals surface area contributed by atoms with Crippen LogP contribution in [-0.2, 0) is 9.59 Å². The Labute approximate surface area is 136 Å². The molecule has 0 radical (unpaired) electrons. The number of carbonyl (C=O) groups is 2. The normalized spacial score (nSPS) is 11.3. The van der Waals surface area contributed by atoms with Gasteiger partial charge in [-0.2, -0.15) is 0 Å². The van der Waals surface area contributed by atoms with Gasteiger partial charge in [-0.1, -0.05) is 55.8 Å². The van der Waals surface area contributed by atoms with E-state index in [1.54, 1.807) is 6.08 Å². The van der Waals surface area contributed by atoms with E-state index in [-0.39, 0.29) is 17.5 Å². The summed E-state index contributed by atoms with van der Waals surface area (Å²) in [5.41, 5.74) is 1.17. The molecule has 120 valence electrons. The van der Waals surface area contributed by atoms with E-state index in [2.05, 4.69) is 17.6 Å².